The first-order chi connectivity index (χ1) is 10.2. The third-order valence-corrected chi connectivity index (χ3v) is 7.06. The predicted octanol–water partition coefficient (Wildman–Crippen LogP) is 3.88. The summed E-state index contributed by atoms with van der Waals surface area (Å²) < 4.78 is 25.6. The van der Waals surface area contributed by atoms with E-state index in [0.29, 0.717) is 11.3 Å². The van der Waals surface area contributed by atoms with Gasteiger partial charge in [-0.05, 0) is 31.0 Å². The van der Waals surface area contributed by atoms with E-state index in [4.69, 9.17) is 0 Å². The fraction of sp³-hybridized carbons (Fsp3) is 0.529. The summed E-state index contributed by atoms with van der Waals surface area (Å²) in [6.45, 7) is 8.61. The van der Waals surface area contributed by atoms with Gasteiger partial charge in [0.25, 0.3) is 0 Å². The second-order valence-electron chi connectivity index (χ2n) is 6.89. The van der Waals surface area contributed by atoms with Crippen molar-refractivity contribution in [3.63, 3.8) is 0 Å². The van der Waals surface area contributed by atoms with E-state index >= 15 is 0 Å². The van der Waals surface area contributed by atoms with E-state index in [9.17, 15) is 13.5 Å². The van der Waals surface area contributed by atoms with Crippen LogP contribution in [0.4, 0.5) is 0 Å². The van der Waals surface area contributed by atoms with Crippen molar-refractivity contribution in [1.82, 2.24) is 0 Å². The van der Waals surface area contributed by atoms with Gasteiger partial charge in [0, 0.05) is 8.07 Å². The first-order valence-electron chi connectivity index (χ1n) is 7.80. The maximum atomic E-state index is 12.8. The molecule has 0 amide bonds. The highest BCUT2D eigenvalue weighted by atomic mass is 32.2. The zero-order valence-electron chi connectivity index (χ0n) is 14.0. The summed E-state index contributed by atoms with van der Waals surface area (Å²) in [4.78, 5) is 0.320. The molecule has 0 aromatic heterocycles. The largest absolute Gasteiger partial charge is 0.393 e. The summed E-state index contributed by atoms with van der Waals surface area (Å²) >= 11 is 0. The van der Waals surface area contributed by atoms with Crippen molar-refractivity contribution >= 4 is 17.9 Å². The van der Waals surface area contributed by atoms with Crippen molar-refractivity contribution in [1.29, 1.82) is 0 Å². The Morgan fingerprint density at radius 3 is 2.27 bits per heavy atom. The number of allylic oxidation sites excluding steroid dienone is 1. The zero-order chi connectivity index (χ0) is 16.8. The van der Waals surface area contributed by atoms with E-state index in [1.54, 1.807) is 36.4 Å². The van der Waals surface area contributed by atoms with Crippen molar-refractivity contribution in [2.24, 2.45) is 0 Å². The molecule has 22 heavy (non-hydrogen) atoms. The number of benzene rings is 1. The van der Waals surface area contributed by atoms with Gasteiger partial charge in [-0.15, -0.1) is 0 Å². The molecule has 0 saturated heterocycles. The van der Waals surface area contributed by atoms with Crippen LogP contribution in [0.2, 0.25) is 25.7 Å². The van der Waals surface area contributed by atoms with Gasteiger partial charge in [0.15, 0.2) is 9.84 Å². The normalized spacial score (nSPS) is 15.9. The minimum Gasteiger partial charge on any atom is -0.393 e. The lowest BCUT2D eigenvalue weighted by Crippen LogP contribution is -2.25. The third kappa shape index (κ3) is 6.06. The second kappa shape index (κ2) is 8.08. The Labute approximate surface area is 136 Å². The van der Waals surface area contributed by atoms with Gasteiger partial charge in [-0.1, -0.05) is 56.9 Å². The molecule has 1 N–H and O–H groups in total. The highest BCUT2D eigenvalue weighted by Gasteiger charge is 2.27. The molecule has 1 aromatic rings. The molecule has 3 nitrogen and oxygen atoms in total. The molecule has 0 aliphatic carbocycles. The molecular weight excluding hydrogens is 312 g/mol. The highest BCUT2D eigenvalue weighted by Crippen LogP contribution is 2.22. The Hall–Kier alpha value is -0.913. The lowest BCUT2D eigenvalue weighted by Gasteiger charge is -2.18. The smallest absolute Gasteiger partial charge is 0.184 e. The van der Waals surface area contributed by atoms with Crippen molar-refractivity contribution in [2.45, 2.75) is 61.7 Å². The minimum atomic E-state index is -3.46. The Kier molecular flexibility index (Phi) is 7.03. The molecule has 0 bridgehead atoms. The first-order valence-corrected chi connectivity index (χ1v) is 13.1. The van der Waals surface area contributed by atoms with Crippen LogP contribution in [-0.4, -0.2) is 33.0 Å². The summed E-state index contributed by atoms with van der Waals surface area (Å²) in [6.07, 6.45) is 3.97. The van der Waals surface area contributed by atoms with E-state index in [-0.39, 0.29) is 6.42 Å². The molecule has 0 spiro atoms. The molecule has 0 heterocycles. The van der Waals surface area contributed by atoms with Crippen LogP contribution < -0.4 is 0 Å². The predicted molar refractivity (Wildman–Crippen MR) is 95.6 cm³/mol. The number of hydrogen-bond donors (Lipinski definition) is 1. The lowest BCUT2D eigenvalue weighted by atomic mass is 10.1. The SMILES string of the molecule is CCC(O)CC(/C=C/C[Si](C)(C)C)S(=O)(=O)c1ccccc1. The quantitative estimate of drug-likeness (QED) is 0.577. The van der Waals surface area contributed by atoms with Crippen LogP contribution in [0.25, 0.3) is 0 Å². The van der Waals surface area contributed by atoms with Crippen molar-refractivity contribution in [2.75, 3.05) is 0 Å². The molecule has 0 aliphatic rings. The van der Waals surface area contributed by atoms with Gasteiger partial charge in [-0.2, -0.15) is 0 Å². The van der Waals surface area contributed by atoms with Gasteiger partial charge >= 0.3 is 0 Å². The third-order valence-electron chi connectivity index (χ3n) is 3.53. The molecular formula is C17H28O3SSi. The molecule has 2 unspecified atom stereocenters. The molecule has 1 aromatic carbocycles. The van der Waals surface area contributed by atoms with E-state index < -0.39 is 29.3 Å². The second-order valence-corrected chi connectivity index (χ2v) is 14.6. The van der Waals surface area contributed by atoms with Gasteiger partial charge in [0.05, 0.1) is 16.2 Å². The number of sulfone groups is 1. The summed E-state index contributed by atoms with van der Waals surface area (Å²) in [6, 6.07) is 9.43. The van der Waals surface area contributed by atoms with Crippen LogP contribution in [0, 0.1) is 0 Å². The fourth-order valence-corrected chi connectivity index (χ4v) is 4.62. The zero-order valence-corrected chi connectivity index (χ0v) is 15.8. The summed E-state index contributed by atoms with van der Waals surface area (Å²) in [5.41, 5.74) is 0. The molecule has 124 valence electrons. The van der Waals surface area contributed by atoms with Crippen LogP contribution in [-0.2, 0) is 9.84 Å². The van der Waals surface area contributed by atoms with Crippen LogP contribution in [0.5, 0.6) is 0 Å². The highest BCUT2D eigenvalue weighted by molar-refractivity contribution is 7.92. The lowest BCUT2D eigenvalue weighted by molar-refractivity contribution is 0.162. The van der Waals surface area contributed by atoms with Crippen LogP contribution in [0.1, 0.15) is 19.8 Å². The average Bonchev–Trinajstić information content (AvgIpc) is 2.45. The maximum Gasteiger partial charge on any atom is 0.184 e. The van der Waals surface area contributed by atoms with E-state index in [2.05, 4.69) is 19.6 Å². The molecule has 1 rings (SSSR count). The Balaban J connectivity index is 3.04. The Morgan fingerprint density at radius 1 is 1.18 bits per heavy atom. The van der Waals surface area contributed by atoms with Gasteiger partial charge in [0.2, 0.25) is 0 Å². The number of rotatable bonds is 8. The van der Waals surface area contributed by atoms with E-state index in [0.717, 1.165) is 6.04 Å². The topological polar surface area (TPSA) is 54.4 Å². The molecule has 0 aliphatic heterocycles. The molecule has 0 saturated carbocycles. The Bertz CT molecular complexity index is 574. The van der Waals surface area contributed by atoms with Crippen LogP contribution in [0.3, 0.4) is 0 Å². The van der Waals surface area contributed by atoms with Gasteiger partial charge < -0.3 is 5.11 Å². The maximum absolute atomic E-state index is 12.8. The molecule has 0 radical (unpaired) electrons. The van der Waals surface area contributed by atoms with Crippen LogP contribution in [0.15, 0.2) is 47.4 Å². The summed E-state index contributed by atoms with van der Waals surface area (Å²) in [5.74, 6) is 0. The van der Waals surface area contributed by atoms with Gasteiger partial charge in [-0.3, -0.25) is 0 Å². The van der Waals surface area contributed by atoms with Crippen molar-refractivity contribution in [3.8, 4) is 0 Å². The standard InChI is InChI=1S/C17H28O3SSi/c1-5-15(18)14-17(12-9-13-22(2,3)4)21(19,20)16-10-7-6-8-11-16/h6-12,15,17-18H,5,13-14H2,1-4H3/b12-9+. The Morgan fingerprint density at radius 2 is 1.77 bits per heavy atom. The average molecular weight is 341 g/mol. The molecule has 2 atom stereocenters. The number of aliphatic hydroxyl groups is 1. The minimum absolute atomic E-state index is 0.246. The van der Waals surface area contributed by atoms with Crippen LogP contribution >= 0.6 is 0 Å². The number of hydrogen-bond acceptors (Lipinski definition) is 3. The van der Waals surface area contributed by atoms with Gasteiger partial charge in [-0.25, -0.2) is 8.42 Å². The number of aliphatic hydroxyl groups excluding tert-OH is 1. The molecule has 5 heteroatoms. The van der Waals surface area contributed by atoms with E-state index in [1.807, 2.05) is 13.0 Å². The van der Waals surface area contributed by atoms with Crippen molar-refractivity contribution < 1.29 is 13.5 Å². The van der Waals surface area contributed by atoms with Gasteiger partial charge in [0.1, 0.15) is 0 Å². The summed E-state index contributed by atoms with van der Waals surface area (Å²) in [7, 11) is -4.71. The monoisotopic (exact) mass is 340 g/mol. The van der Waals surface area contributed by atoms with Crippen molar-refractivity contribution in [3.05, 3.63) is 42.5 Å². The molecule has 0 fully saturated rings. The first kappa shape index (κ1) is 19.1. The van der Waals surface area contributed by atoms with E-state index in [1.165, 1.54) is 0 Å². The fourth-order valence-electron chi connectivity index (χ4n) is 2.10. The summed E-state index contributed by atoms with van der Waals surface area (Å²) in [5, 5.41) is 9.24.